The van der Waals surface area contributed by atoms with Crippen molar-refractivity contribution in [2.45, 2.75) is 31.3 Å². The maximum Gasteiger partial charge on any atom is 0.0702 e. The van der Waals surface area contributed by atoms with Crippen LogP contribution in [0.4, 0.5) is 0 Å². The molecule has 1 aromatic rings. The molecule has 2 heterocycles. The van der Waals surface area contributed by atoms with Gasteiger partial charge >= 0.3 is 0 Å². The van der Waals surface area contributed by atoms with Gasteiger partial charge in [0.25, 0.3) is 0 Å². The number of benzene rings is 1. The van der Waals surface area contributed by atoms with Crippen LogP contribution in [-0.2, 0) is 6.42 Å². The van der Waals surface area contributed by atoms with E-state index in [-0.39, 0.29) is 5.54 Å². The van der Waals surface area contributed by atoms with Gasteiger partial charge in [-0.25, -0.2) is 0 Å². The first-order valence-corrected chi connectivity index (χ1v) is 8.77. The largest absolute Gasteiger partial charge is 0.372 e. The Morgan fingerprint density at radius 2 is 2.00 bits per heavy atom. The third-order valence-electron chi connectivity index (χ3n) is 5.94. The van der Waals surface area contributed by atoms with Crippen LogP contribution in [0.5, 0.6) is 0 Å². The van der Waals surface area contributed by atoms with Gasteiger partial charge in [0.15, 0.2) is 0 Å². The number of likely N-dealkylation sites (tertiary alicyclic amines) is 1. The molecule has 3 unspecified atom stereocenters. The molecular formula is C21H26N2. The first-order chi connectivity index (χ1) is 11.2. The third kappa shape index (κ3) is 2.28. The highest BCUT2D eigenvalue weighted by Gasteiger charge is 2.54. The van der Waals surface area contributed by atoms with E-state index in [1.54, 1.807) is 0 Å². The summed E-state index contributed by atoms with van der Waals surface area (Å²) in [5, 5.41) is 0. The smallest absolute Gasteiger partial charge is 0.0702 e. The molecular weight excluding hydrogens is 280 g/mol. The van der Waals surface area contributed by atoms with Gasteiger partial charge in [-0.2, -0.15) is 0 Å². The van der Waals surface area contributed by atoms with E-state index in [1.807, 2.05) is 0 Å². The second-order valence-electron chi connectivity index (χ2n) is 7.18. The highest BCUT2D eigenvalue weighted by molar-refractivity contribution is 5.38. The minimum Gasteiger partial charge on any atom is -0.372 e. The van der Waals surface area contributed by atoms with E-state index >= 15 is 0 Å². The second kappa shape index (κ2) is 5.68. The molecule has 1 saturated heterocycles. The Morgan fingerprint density at radius 1 is 1.17 bits per heavy atom. The van der Waals surface area contributed by atoms with Crippen LogP contribution < -0.4 is 0 Å². The van der Waals surface area contributed by atoms with Crippen LogP contribution in [0.1, 0.15) is 18.9 Å². The molecule has 1 spiro atoms. The monoisotopic (exact) mass is 306 g/mol. The van der Waals surface area contributed by atoms with Gasteiger partial charge in [-0.15, -0.1) is 0 Å². The predicted molar refractivity (Wildman–Crippen MR) is 96.1 cm³/mol. The molecule has 3 aliphatic rings. The van der Waals surface area contributed by atoms with Crippen molar-refractivity contribution in [3.05, 3.63) is 72.0 Å². The predicted octanol–water partition coefficient (Wildman–Crippen LogP) is 3.63. The molecule has 0 aromatic heterocycles. The highest BCUT2D eigenvalue weighted by atomic mass is 15.3. The van der Waals surface area contributed by atoms with Crippen molar-refractivity contribution in [2.24, 2.45) is 5.92 Å². The zero-order valence-electron chi connectivity index (χ0n) is 14.2. The van der Waals surface area contributed by atoms with Gasteiger partial charge in [-0.3, -0.25) is 4.90 Å². The molecule has 2 nitrogen and oxygen atoms in total. The van der Waals surface area contributed by atoms with Gasteiger partial charge in [0.1, 0.15) is 0 Å². The fraction of sp³-hybridized carbons (Fsp3) is 0.429. The summed E-state index contributed by atoms with van der Waals surface area (Å²) < 4.78 is 0. The number of hydrogen-bond donors (Lipinski definition) is 0. The molecule has 0 radical (unpaired) electrons. The average Bonchev–Trinajstić information content (AvgIpc) is 2.93. The lowest BCUT2D eigenvalue weighted by Gasteiger charge is -2.52. The molecule has 4 rings (SSSR count). The molecule has 120 valence electrons. The van der Waals surface area contributed by atoms with E-state index in [9.17, 15) is 0 Å². The Bertz CT molecular complexity index is 658. The normalized spacial score (nSPS) is 32.6. The van der Waals surface area contributed by atoms with Gasteiger partial charge in [0.2, 0.25) is 0 Å². The molecule has 1 aromatic carbocycles. The van der Waals surface area contributed by atoms with E-state index in [0.29, 0.717) is 12.0 Å². The summed E-state index contributed by atoms with van der Waals surface area (Å²) >= 11 is 0. The molecule has 3 atom stereocenters. The maximum absolute atomic E-state index is 2.74. The second-order valence-corrected chi connectivity index (χ2v) is 7.18. The summed E-state index contributed by atoms with van der Waals surface area (Å²) in [7, 11) is 2.23. The summed E-state index contributed by atoms with van der Waals surface area (Å²) in [6.45, 7) is 4.65. The average molecular weight is 306 g/mol. The van der Waals surface area contributed by atoms with Crippen molar-refractivity contribution < 1.29 is 0 Å². The fourth-order valence-electron chi connectivity index (χ4n) is 4.94. The van der Waals surface area contributed by atoms with Crippen molar-refractivity contribution in [1.29, 1.82) is 0 Å². The number of hydrogen-bond acceptors (Lipinski definition) is 2. The van der Waals surface area contributed by atoms with Gasteiger partial charge in [0, 0.05) is 19.5 Å². The van der Waals surface area contributed by atoms with Crippen molar-refractivity contribution in [3.63, 3.8) is 0 Å². The molecule has 1 aliphatic carbocycles. The number of likely N-dealkylation sites (N-methyl/N-ethyl adjacent to an activating group) is 1. The lowest BCUT2D eigenvalue weighted by atomic mass is 9.70. The van der Waals surface area contributed by atoms with Gasteiger partial charge in [-0.1, -0.05) is 60.2 Å². The molecule has 0 bridgehead atoms. The van der Waals surface area contributed by atoms with Crippen molar-refractivity contribution in [3.8, 4) is 0 Å². The summed E-state index contributed by atoms with van der Waals surface area (Å²) in [6.07, 6.45) is 14.1. The minimum atomic E-state index is 0.150. The molecule has 23 heavy (non-hydrogen) atoms. The third-order valence-corrected chi connectivity index (χ3v) is 5.94. The molecule has 2 aliphatic heterocycles. The van der Waals surface area contributed by atoms with Crippen molar-refractivity contribution in [1.82, 2.24) is 9.80 Å². The molecule has 1 fully saturated rings. The minimum absolute atomic E-state index is 0.150. The Hall–Kier alpha value is -1.80. The first kappa shape index (κ1) is 14.8. The molecule has 2 heteroatoms. The topological polar surface area (TPSA) is 6.48 Å². The number of rotatable bonds is 3. The lowest BCUT2D eigenvalue weighted by molar-refractivity contribution is 0.0809. The van der Waals surface area contributed by atoms with E-state index in [2.05, 4.69) is 84.6 Å². The van der Waals surface area contributed by atoms with Crippen LogP contribution >= 0.6 is 0 Å². The number of allylic oxidation sites excluding steroid dienone is 2. The zero-order chi connectivity index (χ0) is 15.9. The van der Waals surface area contributed by atoms with E-state index in [1.165, 1.54) is 24.1 Å². The Labute approximate surface area is 139 Å². The Morgan fingerprint density at radius 3 is 2.83 bits per heavy atom. The van der Waals surface area contributed by atoms with Crippen LogP contribution in [0.2, 0.25) is 0 Å². The van der Waals surface area contributed by atoms with Crippen molar-refractivity contribution in [2.75, 3.05) is 20.1 Å². The van der Waals surface area contributed by atoms with Gasteiger partial charge < -0.3 is 4.90 Å². The summed E-state index contributed by atoms with van der Waals surface area (Å²) in [4.78, 5) is 5.15. The Kier molecular flexibility index (Phi) is 3.65. The van der Waals surface area contributed by atoms with Crippen LogP contribution in [-0.4, -0.2) is 41.5 Å². The highest BCUT2D eigenvalue weighted by Crippen LogP contribution is 2.48. The summed E-state index contributed by atoms with van der Waals surface area (Å²) in [5.74, 6) is 0.653. The van der Waals surface area contributed by atoms with Gasteiger partial charge in [0.05, 0.1) is 11.6 Å². The molecule has 0 amide bonds. The van der Waals surface area contributed by atoms with Gasteiger partial charge in [-0.05, 0) is 38.1 Å². The van der Waals surface area contributed by atoms with E-state index < -0.39 is 0 Å². The van der Waals surface area contributed by atoms with Crippen LogP contribution in [0, 0.1) is 5.92 Å². The van der Waals surface area contributed by atoms with Crippen molar-refractivity contribution >= 4 is 0 Å². The van der Waals surface area contributed by atoms with Crippen LogP contribution in [0.25, 0.3) is 0 Å². The van der Waals surface area contributed by atoms with Crippen LogP contribution in [0.15, 0.2) is 66.4 Å². The quantitative estimate of drug-likeness (QED) is 0.841. The Balaban J connectivity index is 1.63. The summed E-state index contributed by atoms with van der Waals surface area (Å²) in [5.41, 5.74) is 3.12. The summed E-state index contributed by atoms with van der Waals surface area (Å²) in [6, 6.07) is 11.3. The SMILES string of the molecule is CC1=CN(C)C2C=CC=CC23C1CCN3CCc1ccccc1. The maximum atomic E-state index is 2.74. The molecule has 0 saturated carbocycles. The fourth-order valence-corrected chi connectivity index (χ4v) is 4.94. The van der Waals surface area contributed by atoms with E-state index in [4.69, 9.17) is 0 Å². The number of nitrogens with zero attached hydrogens (tertiary/aromatic N) is 2. The van der Waals surface area contributed by atoms with Crippen LogP contribution in [0.3, 0.4) is 0 Å². The lowest BCUT2D eigenvalue weighted by Crippen LogP contribution is -2.62. The standard InChI is InChI=1S/C21H26N2/c1-17-16-22(2)20-10-6-7-13-21(20)19(17)12-15-23(21)14-11-18-8-4-3-5-9-18/h3-10,13,16,19-20H,11-12,14-15H2,1-2H3. The molecule has 0 N–H and O–H groups in total. The van der Waals surface area contributed by atoms with E-state index in [0.717, 1.165) is 13.0 Å². The zero-order valence-corrected chi connectivity index (χ0v) is 14.2. The first-order valence-electron chi connectivity index (χ1n) is 8.77.